The van der Waals surface area contributed by atoms with Gasteiger partial charge in [-0.15, -0.1) is 0 Å². The van der Waals surface area contributed by atoms with E-state index >= 15 is 0 Å². The molecule has 0 spiro atoms. The van der Waals surface area contributed by atoms with Gasteiger partial charge in [-0.2, -0.15) is 0 Å². The molecule has 0 N–H and O–H groups in total. The summed E-state index contributed by atoms with van der Waals surface area (Å²) in [6.07, 6.45) is 0. The number of benzene rings is 2. The zero-order valence-electron chi connectivity index (χ0n) is 15.3. The molecule has 4 rings (SSSR count). The Kier molecular flexibility index (Phi) is 4.68. The normalized spacial score (nSPS) is 13.3. The summed E-state index contributed by atoms with van der Waals surface area (Å²) in [4.78, 5) is 18.7. The Balaban J connectivity index is 1.46. The number of amides is 1. The standard InChI is InChI=1S/C20H21N3O4/c1-22(20(24)13-27-16-6-4-15(25-2)5-7-16)14-3-8-18-17(11-14)21-19-12-26-10-9-23(18)19/h3-8,11H,9-10,12-13H2,1-2H3. The van der Waals surface area contributed by atoms with Crippen LogP contribution in [0.15, 0.2) is 42.5 Å². The summed E-state index contributed by atoms with van der Waals surface area (Å²) in [6.45, 7) is 1.97. The van der Waals surface area contributed by atoms with Crippen molar-refractivity contribution in [2.45, 2.75) is 13.2 Å². The first-order valence-corrected chi connectivity index (χ1v) is 8.76. The van der Waals surface area contributed by atoms with E-state index in [0.717, 1.165) is 34.8 Å². The Morgan fingerprint density at radius 2 is 2.00 bits per heavy atom. The van der Waals surface area contributed by atoms with Gasteiger partial charge in [0.25, 0.3) is 5.91 Å². The number of anilines is 1. The van der Waals surface area contributed by atoms with Gasteiger partial charge in [0.05, 0.1) is 24.8 Å². The van der Waals surface area contributed by atoms with Crippen LogP contribution in [0.5, 0.6) is 11.5 Å². The zero-order valence-corrected chi connectivity index (χ0v) is 15.3. The second-order valence-corrected chi connectivity index (χ2v) is 6.32. The van der Waals surface area contributed by atoms with Crippen LogP contribution in [0, 0.1) is 0 Å². The molecule has 0 unspecified atom stereocenters. The van der Waals surface area contributed by atoms with Crippen molar-refractivity contribution in [1.82, 2.24) is 9.55 Å². The second-order valence-electron chi connectivity index (χ2n) is 6.32. The highest BCUT2D eigenvalue weighted by atomic mass is 16.5. The summed E-state index contributed by atoms with van der Waals surface area (Å²) in [6, 6.07) is 13.0. The Hall–Kier alpha value is -3.06. The number of nitrogens with zero attached hydrogens (tertiary/aromatic N) is 3. The van der Waals surface area contributed by atoms with E-state index in [1.165, 1.54) is 0 Å². The summed E-state index contributed by atoms with van der Waals surface area (Å²) >= 11 is 0. The van der Waals surface area contributed by atoms with Gasteiger partial charge < -0.3 is 23.7 Å². The Bertz CT molecular complexity index is 965. The highest BCUT2D eigenvalue weighted by Crippen LogP contribution is 2.25. The summed E-state index contributed by atoms with van der Waals surface area (Å²) in [5, 5.41) is 0. The molecular formula is C20H21N3O4. The van der Waals surface area contributed by atoms with E-state index in [1.807, 2.05) is 18.2 Å². The number of imidazole rings is 1. The van der Waals surface area contributed by atoms with Crippen molar-refractivity contribution in [3.05, 3.63) is 48.3 Å². The van der Waals surface area contributed by atoms with Crippen LogP contribution in [0.3, 0.4) is 0 Å². The molecule has 0 saturated heterocycles. The largest absolute Gasteiger partial charge is 0.497 e. The van der Waals surface area contributed by atoms with Gasteiger partial charge in [-0.05, 0) is 42.5 Å². The predicted molar refractivity (Wildman–Crippen MR) is 101 cm³/mol. The Morgan fingerprint density at radius 1 is 1.22 bits per heavy atom. The van der Waals surface area contributed by atoms with Crippen LogP contribution < -0.4 is 14.4 Å². The third-order valence-electron chi connectivity index (χ3n) is 4.68. The third-order valence-corrected chi connectivity index (χ3v) is 4.68. The van der Waals surface area contributed by atoms with Crippen molar-refractivity contribution < 1.29 is 19.0 Å². The van der Waals surface area contributed by atoms with Gasteiger partial charge in [0, 0.05) is 19.3 Å². The lowest BCUT2D eigenvalue weighted by Gasteiger charge is -2.18. The van der Waals surface area contributed by atoms with E-state index in [9.17, 15) is 4.79 Å². The molecular weight excluding hydrogens is 346 g/mol. The molecule has 7 nitrogen and oxygen atoms in total. The van der Waals surface area contributed by atoms with Crippen molar-refractivity contribution in [1.29, 1.82) is 0 Å². The molecule has 0 radical (unpaired) electrons. The van der Waals surface area contributed by atoms with Crippen LogP contribution in [-0.2, 0) is 22.7 Å². The number of ether oxygens (including phenoxy) is 3. The van der Waals surface area contributed by atoms with E-state index in [1.54, 1.807) is 43.3 Å². The molecule has 0 fully saturated rings. The van der Waals surface area contributed by atoms with Crippen LogP contribution in [0.1, 0.15) is 5.82 Å². The summed E-state index contributed by atoms with van der Waals surface area (Å²) in [5.74, 6) is 2.14. The summed E-state index contributed by atoms with van der Waals surface area (Å²) in [5.41, 5.74) is 2.71. The van der Waals surface area contributed by atoms with Gasteiger partial charge in [0.1, 0.15) is 23.9 Å². The monoisotopic (exact) mass is 367 g/mol. The smallest absolute Gasteiger partial charge is 0.264 e. The van der Waals surface area contributed by atoms with Crippen LogP contribution in [0.25, 0.3) is 11.0 Å². The molecule has 27 heavy (non-hydrogen) atoms. The molecule has 140 valence electrons. The first-order valence-electron chi connectivity index (χ1n) is 8.76. The number of rotatable bonds is 5. The molecule has 7 heteroatoms. The Labute approximate surface area is 157 Å². The quantitative estimate of drug-likeness (QED) is 0.694. The van der Waals surface area contributed by atoms with Gasteiger partial charge in [-0.25, -0.2) is 4.98 Å². The maximum atomic E-state index is 12.5. The number of methoxy groups -OCH3 is 1. The van der Waals surface area contributed by atoms with E-state index in [2.05, 4.69) is 9.55 Å². The fourth-order valence-electron chi connectivity index (χ4n) is 3.11. The molecule has 1 aromatic heterocycles. The van der Waals surface area contributed by atoms with E-state index in [0.29, 0.717) is 19.0 Å². The van der Waals surface area contributed by atoms with Gasteiger partial charge in [-0.3, -0.25) is 4.79 Å². The van der Waals surface area contributed by atoms with Crippen molar-refractivity contribution in [3.8, 4) is 11.5 Å². The molecule has 3 aromatic rings. The van der Waals surface area contributed by atoms with Crippen molar-refractivity contribution in [2.75, 3.05) is 32.3 Å². The molecule has 2 aromatic carbocycles. The average Bonchev–Trinajstić information content (AvgIpc) is 3.09. The minimum absolute atomic E-state index is 0.0472. The van der Waals surface area contributed by atoms with Crippen LogP contribution in [0.2, 0.25) is 0 Å². The lowest BCUT2D eigenvalue weighted by molar-refractivity contribution is -0.120. The minimum atomic E-state index is -0.141. The van der Waals surface area contributed by atoms with Gasteiger partial charge in [-0.1, -0.05) is 0 Å². The maximum absolute atomic E-state index is 12.5. The van der Waals surface area contributed by atoms with Gasteiger partial charge in [0.15, 0.2) is 6.61 Å². The molecule has 1 aliphatic rings. The highest BCUT2D eigenvalue weighted by molar-refractivity contribution is 5.95. The zero-order chi connectivity index (χ0) is 18.8. The first kappa shape index (κ1) is 17.4. The first-order chi connectivity index (χ1) is 13.2. The fourth-order valence-corrected chi connectivity index (χ4v) is 3.11. The number of hydrogen-bond acceptors (Lipinski definition) is 5. The second kappa shape index (κ2) is 7.28. The van der Waals surface area contributed by atoms with Gasteiger partial charge >= 0.3 is 0 Å². The lowest BCUT2D eigenvalue weighted by Crippen LogP contribution is -2.31. The van der Waals surface area contributed by atoms with Crippen molar-refractivity contribution in [2.24, 2.45) is 0 Å². The van der Waals surface area contributed by atoms with E-state index in [-0.39, 0.29) is 12.5 Å². The molecule has 0 bridgehead atoms. The predicted octanol–water partition coefficient (Wildman–Crippen LogP) is 2.62. The summed E-state index contributed by atoms with van der Waals surface area (Å²) in [7, 11) is 3.34. The fraction of sp³-hybridized carbons (Fsp3) is 0.300. The highest BCUT2D eigenvalue weighted by Gasteiger charge is 2.17. The molecule has 0 saturated carbocycles. The number of likely N-dealkylation sites (N-methyl/N-ethyl adjacent to an activating group) is 1. The minimum Gasteiger partial charge on any atom is -0.497 e. The molecule has 1 amide bonds. The summed E-state index contributed by atoms with van der Waals surface area (Å²) < 4.78 is 18.3. The topological polar surface area (TPSA) is 65.8 Å². The maximum Gasteiger partial charge on any atom is 0.264 e. The van der Waals surface area contributed by atoms with Crippen LogP contribution >= 0.6 is 0 Å². The number of fused-ring (bicyclic) bond motifs is 3. The number of hydrogen-bond donors (Lipinski definition) is 0. The third kappa shape index (κ3) is 3.46. The van der Waals surface area contributed by atoms with E-state index in [4.69, 9.17) is 14.2 Å². The number of aromatic nitrogens is 2. The molecule has 2 heterocycles. The average molecular weight is 367 g/mol. The van der Waals surface area contributed by atoms with Crippen LogP contribution in [0.4, 0.5) is 5.69 Å². The van der Waals surface area contributed by atoms with Crippen molar-refractivity contribution in [3.63, 3.8) is 0 Å². The number of carbonyl (C=O) groups is 1. The van der Waals surface area contributed by atoms with Crippen LogP contribution in [-0.4, -0.2) is 42.8 Å². The van der Waals surface area contributed by atoms with Gasteiger partial charge in [0.2, 0.25) is 0 Å². The molecule has 0 aliphatic carbocycles. The van der Waals surface area contributed by atoms with E-state index < -0.39 is 0 Å². The van der Waals surface area contributed by atoms with Crippen molar-refractivity contribution >= 4 is 22.6 Å². The Morgan fingerprint density at radius 3 is 2.78 bits per heavy atom. The SMILES string of the molecule is COc1ccc(OCC(=O)N(C)c2ccc3c(c2)nc2n3CCOC2)cc1. The number of carbonyl (C=O) groups excluding carboxylic acids is 1. The molecule has 0 atom stereocenters. The molecule has 1 aliphatic heterocycles. The lowest BCUT2D eigenvalue weighted by atomic mass is 10.2.